The Kier molecular flexibility index (Phi) is 4.83. The Hall–Kier alpha value is -1.77. The van der Waals surface area contributed by atoms with Gasteiger partial charge < -0.3 is 5.32 Å². The summed E-state index contributed by atoms with van der Waals surface area (Å²) in [5, 5.41) is 3.71. The van der Waals surface area contributed by atoms with Crippen LogP contribution in [0, 0.1) is 0 Å². The molecule has 0 saturated carbocycles. The average Bonchev–Trinajstić information content (AvgIpc) is 2.43. The van der Waals surface area contributed by atoms with Crippen molar-refractivity contribution >= 4 is 40.9 Å². The molecule has 0 unspecified atom stereocenters. The zero-order chi connectivity index (χ0) is 14.5. The minimum atomic E-state index is -0.196. The first kappa shape index (κ1) is 14.6. The van der Waals surface area contributed by atoms with Crippen molar-refractivity contribution in [3.8, 4) is 0 Å². The molecule has 0 aliphatic heterocycles. The number of carbonyl (C=O) groups is 1. The highest BCUT2D eigenvalue weighted by atomic mass is 35.5. The number of carbonyl (C=O) groups excluding carboxylic acids is 1. The SMILES string of the molecule is C/C(=C/c1ccccc1)C(=O)Nc1ccc(Cl)cc1Cl. The van der Waals surface area contributed by atoms with Crippen molar-refractivity contribution in [3.63, 3.8) is 0 Å². The second-order valence-corrected chi connectivity index (χ2v) is 5.16. The van der Waals surface area contributed by atoms with Gasteiger partial charge in [-0.1, -0.05) is 53.5 Å². The Morgan fingerprint density at radius 2 is 1.80 bits per heavy atom. The monoisotopic (exact) mass is 305 g/mol. The fraction of sp³-hybridized carbons (Fsp3) is 0.0625. The summed E-state index contributed by atoms with van der Waals surface area (Å²) < 4.78 is 0. The Morgan fingerprint density at radius 3 is 2.45 bits per heavy atom. The van der Waals surface area contributed by atoms with Crippen molar-refractivity contribution in [2.75, 3.05) is 5.32 Å². The van der Waals surface area contributed by atoms with E-state index < -0.39 is 0 Å². The molecule has 4 heteroatoms. The molecule has 0 aliphatic rings. The zero-order valence-electron chi connectivity index (χ0n) is 10.9. The van der Waals surface area contributed by atoms with E-state index in [-0.39, 0.29) is 5.91 Å². The molecule has 0 aliphatic carbocycles. The van der Waals surface area contributed by atoms with Crippen molar-refractivity contribution in [3.05, 3.63) is 69.7 Å². The van der Waals surface area contributed by atoms with Gasteiger partial charge in [0, 0.05) is 10.6 Å². The third-order valence-electron chi connectivity index (χ3n) is 2.72. The summed E-state index contributed by atoms with van der Waals surface area (Å²) >= 11 is 11.8. The minimum absolute atomic E-state index is 0.196. The molecule has 0 heterocycles. The number of hydrogen-bond donors (Lipinski definition) is 1. The van der Waals surface area contributed by atoms with Gasteiger partial charge in [0.15, 0.2) is 0 Å². The van der Waals surface area contributed by atoms with E-state index in [9.17, 15) is 4.79 Å². The Morgan fingerprint density at radius 1 is 1.10 bits per heavy atom. The summed E-state index contributed by atoms with van der Waals surface area (Å²) in [4.78, 5) is 12.1. The second-order valence-electron chi connectivity index (χ2n) is 4.32. The molecule has 0 aromatic heterocycles. The van der Waals surface area contributed by atoms with Crippen LogP contribution < -0.4 is 5.32 Å². The number of amides is 1. The number of rotatable bonds is 3. The molecule has 1 amide bonds. The highest BCUT2D eigenvalue weighted by molar-refractivity contribution is 6.36. The number of benzene rings is 2. The fourth-order valence-electron chi connectivity index (χ4n) is 1.68. The van der Waals surface area contributed by atoms with Crippen molar-refractivity contribution in [1.82, 2.24) is 0 Å². The molecule has 0 fully saturated rings. The van der Waals surface area contributed by atoms with E-state index in [4.69, 9.17) is 23.2 Å². The van der Waals surface area contributed by atoms with Gasteiger partial charge in [-0.05, 0) is 36.8 Å². The Bertz CT molecular complexity index is 651. The topological polar surface area (TPSA) is 29.1 Å². The van der Waals surface area contributed by atoms with E-state index in [2.05, 4.69) is 5.32 Å². The molecule has 1 N–H and O–H groups in total. The largest absolute Gasteiger partial charge is 0.321 e. The van der Waals surface area contributed by atoms with Crippen molar-refractivity contribution in [2.24, 2.45) is 0 Å². The first-order chi connectivity index (χ1) is 9.56. The van der Waals surface area contributed by atoms with E-state index in [1.54, 1.807) is 25.1 Å². The van der Waals surface area contributed by atoms with Gasteiger partial charge in [0.2, 0.25) is 0 Å². The van der Waals surface area contributed by atoms with Gasteiger partial charge in [-0.2, -0.15) is 0 Å². The van der Waals surface area contributed by atoms with Crippen LogP contribution in [-0.2, 0) is 4.79 Å². The van der Waals surface area contributed by atoms with Gasteiger partial charge in [-0.25, -0.2) is 0 Å². The highest BCUT2D eigenvalue weighted by Gasteiger charge is 2.08. The lowest BCUT2D eigenvalue weighted by atomic mass is 10.1. The number of halogens is 2. The van der Waals surface area contributed by atoms with E-state index in [0.717, 1.165) is 5.56 Å². The third-order valence-corrected chi connectivity index (χ3v) is 3.27. The summed E-state index contributed by atoms with van der Waals surface area (Å²) in [7, 11) is 0. The quantitative estimate of drug-likeness (QED) is 0.791. The minimum Gasteiger partial charge on any atom is -0.321 e. The van der Waals surface area contributed by atoms with Crippen LogP contribution in [0.2, 0.25) is 10.0 Å². The summed E-state index contributed by atoms with van der Waals surface area (Å²) in [6.07, 6.45) is 1.82. The van der Waals surface area contributed by atoms with E-state index in [0.29, 0.717) is 21.3 Å². The molecule has 0 spiro atoms. The Balaban J connectivity index is 2.14. The summed E-state index contributed by atoms with van der Waals surface area (Å²) in [6, 6.07) is 14.6. The lowest BCUT2D eigenvalue weighted by Crippen LogP contribution is -2.12. The number of hydrogen-bond acceptors (Lipinski definition) is 1. The maximum Gasteiger partial charge on any atom is 0.251 e. The van der Waals surface area contributed by atoms with E-state index >= 15 is 0 Å². The predicted molar refractivity (Wildman–Crippen MR) is 85.2 cm³/mol. The molecule has 0 atom stereocenters. The maximum absolute atomic E-state index is 12.1. The van der Waals surface area contributed by atoms with Crippen LogP contribution in [0.5, 0.6) is 0 Å². The van der Waals surface area contributed by atoms with Crippen molar-refractivity contribution in [2.45, 2.75) is 6.92 Å². The maximum atomic E-state index is 12.1. The van der Waals surface area contributed by atoms with E-state index in [1.807, 2.05) is 36.4 Å². The van der Waals surface area contributed by atoms with Crippen LogP contribution in [0.4, 0.5) is 5.69 Å². The lowest BCUT2D eigenvalue weighted by Gasteiger charge is -2.07. The molecule has 0 bridgehead atoms. The van der Waals surface area contributed by atoms with Crippen molar-refractivity contribution < 1.29 is 4.79 Å². The lowest BCUT2D eigenvalue weighted by molar-refractivity contribution is -0.112. The fourth-order valence-corrected chi connectivity index (χ4v) is 2.13. The molecule has 20 heavy (non-hydrogen) atoms. The highest BCUT2D eigenvalue weighted by Crippen LogP contribution is 2.25. The van der Waals surface area contributed by atoms with Gasteiger partial charge >= 0.3 is 0 Å². The van der Waals surface area contributed by atoms with Gasteiger partial charge in [0.25, 0.3) is 5.91 Å². The Labute approximate surface area is 128 Å². The molecule has 102 valence electrons. The summed E-state index contributed by atoms with van der Waals surface area (Å²) in [6.45, 7) is 1.76. The molecular weight excluding hydrogens is 293 g/mol. The molecule has 2 aromatic rings. The third kappa shape index (κ3) is 3.86. The molecule has 0 saturated heterocycles. The first-order valence-corrected chi connectivity index (χ1v) is 6.81. The summed E-state index contributed by atoms with van der Waals surface area (Å²) in [5.41, 5.74) is 2.12. The van der Waals surface area contributed by atoms with Crippen LogP contribution in [0.1, 0.15) is 12.5 Å². The van der Waals surface area contributed by atoms with Crippen LogP contribution in [0.3, 0.4) is 0 Å². The van der Waals surface area contributed by atoms with Gasteiger partial charge in [-0.3, -0.25) is 4.79 Å². The van der Waals surface area contributed by atoms with Gasteiger partial charge in [-0.15, -0.1) is 0 Å². The van der Waals surface area contributed by atoms with E-state index in [1.165, 1.54) is 0 Å². The average molecular weight is 306 g/mol. The smallest absolute Gasteiger partial charge is 0.251 e. The number of nitrogens with one attached hydrogen (secondary N) is 1. The van der Waals surface area contributed by atoms with Gasteiger partial charge in [0.1, 0.15) is 0 Å². The molecule has 0 radical (unpaired) electrons. The van der Waals surface area contributed by atoms with Gasteiger partial charge in [0.05, 0.1) is 10.7 Å². The number of anilines is 1. The molecule has 2 aromatic carbocycles. The van der Waals surface area contributed by atoms with Crippen LogP contribution in [0.25, 0.3) is 6.08 Å². The second kappa shape index (κ2) is 6.60. The van der Waals surface area contributed by atoms with Crippen LogP contribution >= 0.6 is 23.2 Å². The molecule has 2 nitrogen and oxygen atoms in total. The zero-order valence-corrected chi connectivity index (χ0v) is 12.4. The summed E-state index contributed by atoms with van der Waals surface area (Å²) in [5.74, 6) is -0.196. The normalized spacial score (nSPS) is 11.2. The first-order valence-electron chi connectivity index (χ1n) is 6.06. The predicted octanol–water partition coefficient (Wildman–Crippen LogP) is 5.04. The van der Waals surface area contributed by atoms with Crippen molar-refractivity contribution in [1.29, 1.82) is 0 Å². The molecular formula is C16H13Cl2NO. The van der Waals surface area contributed by atoms with Crippen LogP contribution in [0.15, 0.2) is 54.1 Å². The standard InChI is InChI=1S/C16H13Cl2NO/c1-11(9-12-5-3-2-4-6-12)16(20)19-15-8-7-13(17)10-14(15)18/h2-10H,1H3,(H,19,20)/b11-9-. The molecule has 2 rings (SSSR count). The van der Waals surface area contributed by atoms with Crippen LogP contribution in [-0.4, -0.2) is 5.91 Å².